The summed E-state index contributed by atoms with van der Waals surface area (Å²) in [5, 5.41) is 0.971. The van der Waals surface area contributed by atoms with E-state index in [-0.39, 0.29) is 17.4 Å². The van der Waals surface area contributed by atoms with Crippen LogP contribution in [0, 0.1) is 0 Å². The van der Waals surface area contributed by atoms with Crippen LogP contribution in [0.15, 0.2) is 52.9 Å². The fourth-order valence-electron chi connectivity index (χ4n) is 2.00. The van der Waals surface area contributed by atoms with E-state index < -0.39 is 10.0 Å². The number of fused-ring (bicyclic) bond motifs is 1. The molecule has 0 atom stereocenters. The summed E-state index contributed by atoms with van der Waals surface area (Å²) in [5.41, 5.74) is 0.884. The summed E-state index contributed by atoms with van der Waals surface area (Å²) in [6, 6.07) is 12.4. The van der Waals surface area contributed by atoms with Crippen molar-refractivity contribution in [3.8, 4) is 5.75 Å². The van der Waals surface area contributed by atoms with Crippen molar-refractivity contribution in [3.05, 3.63) is 53.0 Å². The first-order valence-corrected chi connectivity index (χ1v) is 9.45. The smallest absolute Gasteiger partial charge is 0.250 e. The summed E-state index contributed by atoms with van der Waals surface area (Å²) in [7, 11) is -3.53. The van der Waals surface area contributed by atoms with E-state index in [0.29, 0.717) is 10.1 Å². The molecule has 0 saturated carbocycles. The lowest BCUT2D eigenvalue weighted by Crippen LogP contribution is -2.27. The molecule has 2 heterocycles. The van der Waals surface area contributed by atoms with Crippen LogP contribution in [0.5, 0.6) is 5.75 Å². The number of rotatable bonds is 6. The van der Waals surface area contributed by atoms with Crippen LogP contribution in [0.3, 0.4) is 0 Å². The molecule has 1 aromatic carbocycles. The zero-order chi connectivity index (χ0) is 16.3. The highest BCUT2D eigenvalue weighted by molar-refractivity contribution is 7.91. The molecule has 3 rings (SSSR count). The van der Waals surface area contributed by atoms with Crippen LogP contribution in [0.4, 0.5) is 0 Å². The maximum Gasteiger partial charge on any atom is 0.250 e. The van der Waals surface area contributed by atoms with E-state index >= 15 is 0 Å². The lowest BCUT2D eigenvalue weighted by Gasteiger charge is -2.08. The quantitative estimate of drug-likeness (QED) is 0.678. The molecule has 3 aromatic rings. The maximum absolute atomic E-state index is 12.0. The second-order valence-corrected chi connectivity index (χ2v) is 8.37. The van der Waals surface area contributed by atoms with Gasteiger partial charge in [0.2, 0.25) is 10.0 Å². The minimum atomic E-state index is -3.53. The lowest BCUT2D eigenvalue weighted by atomic mass is 10.2. The van der Waals surface area contributed by atoms with E-state index in [4.69, 9.17) is 16.3 Å². The Morgan fingerprint density at radius 1 is 1.22 bits per heavy atom. The van der Waals surface area contributed by atoms with E-state index in [0.717, 1.165) is 22.2 Å². The average Bonchev–Trinajstić information content (AvgIpc) is 2.99. The van der Waals surface area contributed by atoms with Crippen molar-refractivity contribution in [3.63, 3.8) is 0 Å². The second kappa shape index (κ2) is 6.84. The van der Waals surface area contributed by atoms with Gasteiger partial charge in [-0.05, 0) is 36.4 Å². The third kappa shape index (κ3) is 4.00. The fourth-order valence-corrected chi connectivity index (χ4v) is 4.54. The molecule has 1 N–H and O–H groups in total. The van der Waals surface area contributed by atoms with Crippen molar-refractivity contribution in [1.29, 1.82) is 0 Å². The molecule has 0 fully saturated rings. The molecule has 0 unspecified atom stereocenters. The average molecular weight is 369 g/mol. The summed E-state index contributed by atoms with van der Waals surface area (Å²) < 4.78 is 32.7. The van der Waals surface area contributed by atoms with E-state index in [9.17, 15) is 8.42 Å². The predicted octanol–water partition coefficient (Wildman–Crippen LogP) is 3.31. The van der Waals surface area contributed by atoms with Crippen LogP contribution in [0.2, 0.25) is 4.34 Å². The van der Waals surface area contributed by atoms with Gasteiger partial charge in [-0.1, -0.05) is 17.7 Å². The minimum absolute atomic E-state index is 0.170. The first-order chi connectivity index (χ1) is 11.0. The van der Waals surface area contributed by atoms with Gasteiger partial charge in [0.05, 0.1) is 9.85 Å². The Morgan fingerprint density at radius 2 is 2.09 bits per heavy atom. The molecule has 0 saturated heterocycles. The first-order valence-electron chi connectivity index (χ1n) is 6.77. The third-order valence-electron chi connectivity index (χ3n) is 3.05. The van der Waals surface area contributed by atoms with Crippen molar-refractivity contribution < 1.29 is 13.2 Å². The van der Waals surface area contributed by atoms with Gasteiger partial charge in [0.15, 0.2) is 0 Å². The van der Waals surface area contributed by atoms with Crippen molar-refractivity contribution in [1.82, 2.24) is 9.71 Å². The Labute approximate surface area is 142 Å². The van der Waals surface area contributed by atoms with Gasteiger partial charge in [0.25, 0.3) is 0 Å². The van der Waals surface area contributed by atoms with E-state index in [1.807, 2.05) is 30.3 Å². The van der Waals surface area contributed by atoms with Crippen molar-refractivity contribution >= 4 is 43.9 Å². The first kappa shape index (κ1) is 16.2. The van der Waals surface area contributed by atoms with E-state index in [1.54, 1.807) is 12.3 Å². The van der Waals surface area contributed by atoms with Crippen LogP contribution >= 0.6 is 22.9 Å². The van der Waals surface area contributed by atoms with Gasteiger partial charge in [-0.15, -0.1) is 11.3 Å². The number of benzene rings is 1. The number of nitrogens with zero attached hydrogens (tertiary/aromatic N) is 1. The van der Waals surface area contributed by atoms with Gasteiger partial charge >= 0.3 is 0 Å². The predicted molar refractivity (Wildman–Crippen MR) is 91.8 cm³/mol. The Balaban J connectivity index is 1.56. The van der Waals surface area contributed by atoms with Crippen LogP contribution in [-0.2, 0) is 10.0 Å². The number of ether oxygens (including phenoxy) is 1. The highest BCUT2D eigenvalue weighted by atomic mass is 35.5. The summed E-state index contributed by atoms with van der Waals surface area (Å²) >= 11 is 6.77. The SMILES string of the molecule is O=S(=O)(NCCOc1ccc2ncccc2c1)c1ccc(Cl)s1. The topological polar surface area (TPSA) is 68.3 Å². The molecule has 0 bridgehead atoms. The number of sulfonamides is 1. The van der Waals surface area contributed by atoms with Crippen molar-refractivity contribution in [2.24, 2.45) is 0 Å². The molecule has 0 amide bonds. The summed E-state index contributed by atoms with van der Waals surface area (Å²) in [4.78, 5) is 4.23. The highest BCUT2D eigenvalue weighted by Gasteiger charge is 2.15. The Kier molecular flexibility index (Phi) is 4.82. The number of halogens is 1. The standard InChI is InChI=1S/C15H13ClN2O3S2/c16-14-5-6-15(22-14)23(19,20)18-8-9-21-12-3-4-13-11(10-12)2-1-7-17-13/h1-7,10,18H,8-9H2. The van der Waals surface area contributed by atoms with Gasteiger partial charge in [-0.2, -0.15) is 0 Å². The summed E-state index contributed by atoms with van der Waals surface area (Å²) in [5.74, 6) is 0.670. The molecule has 2 aromatic heterocycles. The Morgan fingerprint density at radius 3 is 2.87 bits per heavy atom. The summed E-state index contributed by atoms with van der Waals surface area (Å²) in [6.07, 6.45) is 1.73. The summed E-state index contributed by atoms with van der Waals surface area (Å²) in [6.45, 7) is 0.396. The maximum atomic E-state index is 12.0. The van der Waals surface area contributed by atoms with Gasteiger partial charge < -0.3 is 4.74 Å². The van der Waals surface area contributed by atoms with Crippen molar-refractivity contribution in [2.45, 2.75) is 4.21 Å². The van der Waals surface area contributed by atoms with Gasteiger partial charge in [0.1, 0.15) is 16.6 Å². The molecular weight excluding hydrogens is 356 g/mol. The molecule has 23 heavy (non-hydrogen) atoms. The Hall–Kier alpha value is -1.67. The molecule has 0 aliphatic rings. The fraction of sp³-hybridized carbons (Fsp3) is 0.133. The molecule has 0 spiro atoms. The number of aromatic nitrogens is 1. The van der Waals surface area contributed by atoms with Crippen molar-refractivity contribution in [2.75, 3.05) is 13.2 Å². The van der Waals surface area contributed by atoms with Crippen LogP contribution in [0.25, 0.3) is 10.9 Å². The highest BCUT2D eigenvalue weighted by Crippen LogP contribution is 2.25. The molecule has 0 aliphatic carbocycles. The molecular formula is C15H13ClN2O3S2. The molecule has 5 nitrogen and oxygen atoms in total. The normalized spacial score (nSPS) is 11.7. The Bertz CT molecular complexity index is 925. The number of nitrogens with one attached hydrogen (secondary N) is 1. The number of hydrogen-bond donors (Lipinski definition) is 1. The van der Waals surface area contributed by atoms with Crippen LogP contribution in [0.1, 0.15) is 0 Å². The zero-order valence-corrected chi connectivity index (χ0v) is 14.3. The second-order valence-electron chi connectivity index (χ2n) is 4.66. The zero-order valence-electron chi connectivity index (χ0n) is 11.9. The number of pyridine rings is 1. The molecule has 120 valence electrons. The van der Waals surface area contributed by atoms with Gasteiger partial charge in [0, 0.05) is 18.1 Å². The van der Waals surface area contributed by atoms with E-state index in [1.165, 1.54) is 6.07 Å². The third-order valence-corrected chi connectivity index (χ3v) is 6.23. The van der Waals surface area contributed by atoms with Crippen LogP contribution < -0.4 is 9.46 Å². The minimum Gasteiger partial charge on any atom is -0.492 e. The molecule has 0 radical (unpaired) electrons. The van der Waals surface area contributed by atoms with Crippen LogP contribution in [-0.4, -0.2) is 26.6 Å². The monoisotopic (exact) mass is 368 g/mol. The largest absolute Gasteiger partial charge is 0.492 e. The number of hydrogen-bond acceptors (Lipinski definition) is 5. The molecule has 0 aliphatic heterocycles. The van der Waals surface area contributed by atoms with Gasteiger partial charge in [-0.25, -0.2) is 13.1 Å². The molecule has 8 heteroatoms. The van der Waals surface area contributed by atoms with Gasteiger partial charge in [-0.3, -0.25) is 4.98 Å². The number of thiophene rings is 1. The lowest BCUT2D eigenvalue weighted by molar-refractivity contribution is 0.323. The van der Waals surface area contributed by atoms with E-state index in [2.05, 4.69) is 9.71 Å².